The highest BCUT2D eigenvalue weighted by atomic mass is 32.2. The Hall–Kier alpha value is -1.93. The van der Waals surface area contributed by atoms with Crippen LogP contribution in [-0.4, -0.2) is 4.98 Å². The summed E-state index contributed by atoms with van der Waals surface area (Å²) in [4.78, 5) is 4.62. The van der Waals surface area contributed by atoms with Crippen LogP contribution in [0.3, 0.4) is 0 Å². The molecule has 0 saturated carbocycles. The van der Waals surface area contributed by atoms with Gasteiger partial charge in [-0.1, -0.05) is 11.8 Å². The molecule has 0 atom stereocenters. The molecule has 5 heteroatoms. The lowest BCUT2D eigenvalue weighted by molar-refractivity contribution is 0.577. The molecule has 0 radical (unpaired) electrons. The van der Waals surface area contributed by atoms with Crippen LogP contribution in [0.5, 0.6) is 0 Å². The van der Waals surface area contributed by atoms with E-state index < -0.39 is 11.6 Å². The number of pyridine rings is 1. The summed E-state index contributed by atoms with van der Waals surface area (Å²) >= 11 is 1.05. The van der Waals surface area contributed by atoms with Crippen molar-refractivity contribution in [1.82, 2.24) is 4.98 Å². The molecule has 17 heavy (non-hydrogen) atoms. The molecule has 0 aliphatic rings. The minimum atomic E-state index is -0.497. The van der Waals surface area contributed by atoms with E-state index in [9.17, 15) is 8.78 Å². The van der Waals surface area contributed by atoms with Crippen LogP contribution in [0, 0.1) is 23.0 Å². The van der Waals surface area contributed by atoms with E-state index in [0.717, 1.165) is 30.0 Å². The maximum atomic E-state index is 13.4. The Morgan fingerprint density at radius 2 is 2.00 bits per heavy atom. The summed E-state index contributed by atoms with van der Waals surface area (Å²) in [6.45, 7) is 0. The topological polar surface area (TPSA) is 36.7 Å². The van der Waals surface area contributed by atoms with Gasteiger partial charge in [0.1, 0.15) is 23.4 Å². The zero-order valence-corrected chi connectivity index (χ0v) is 9.34. The highest BCUT2D eigenvalue weighted by Gasteiger charge is 2.06. The number of aromatic nitrogens is 1. The van der Waals surface area contributed by atoms with Gasteiger partial charge in [-0.05, 0) is 30.3 Å². The molecule has 0 unspecified atom stereocenters. The van der Waals surface area contributed by atoms with Gasteiger partial charge in [0.15, 0.2) is 0 Å². The summed E-state index contributed by atoms with van der Waals surface area (Å²) in [5.74, 6) is -0.991. The number of hydrogen-bond acceptors (Lipinski definition) is 3. The van der Waals surface area contributed by atoms with Crippen LogP contribution in [0.2, 0.25) is 0 Å². The standard InChI is InChI=1S/C12H6F2N2S/c13-8-1-2-11(14)12(5-8)17-10-3-4-16-9(6-10)7-15/h1-6H. The van der Waals surface area contributed by atoms with Gasteiger partial charge in [0.2, 0.25) is 0 Å². The predicted molar refractivity (Wildman–Crippen MR) is 59.4 cm³/mol. The average molecular weight is 248 g/mol. The maximum absolute atomic E-state index is 13.4. The largest absolute Gasteiger partial charge is 0.245 e. The van der Waals surface area contributed by atoms with Crippen molar-refractivity contribution in [2.45, 2.75) is 9.79 Å². The Balaban J connectivity index is 2.31. The van der Waals surface area contributed by atoms with Gasteiger partial charge < -0.3 is 0 Å². The summed E-state index contributed by atoms with van der Waals surface area (Å²) < 4.78 is 26.3. The van der Waals surface area contributed by atoms with E-state index in [1.54, 1.807) is 6.07 Å². The van der Waals surface area contributed by atoms with E-state index in [-0.39, 0.29) is 10.6 Å². The Morgan fingerprint density at radius 3 is 2.76 bits per heavy atom. The van der Waals surface area contributed by atoms with E-state index in [2.05, 4.69) is 4.98 Å². The molecule has 0 saturated heterocycles. The number of nitrogens with zero attached hydrogens (tertiary/aromatic N) is 2. The van der Waals surface area contributed by atoms with Gasteiger partial charge in [-0.15, -0.1) is 0 Å². The smallest absolute Gasteiger partial charge is 0.141 e. The van der Waals surface area contributed by atoms with Crippen molar-refractivity contribution < 1.29 is 8.78 Å². The molecule has 0 fully saturated rings. The third-order valence-electron chi connectivity index (χ3n) is 1.97. The second kappa shape index (κ2) is 4.93. The number of hydrogen-bond donors (Lipinski definition) is 0. The molecular formula is C12H6F2N2S. The first-order valence-electron chi connectivity index (χ1n) is 4.68. The molecule has 0 bridgehead atoms. The quantitative estimate of drug-likeness (QED) is 0.817. The fourth-order valence-corrected chi connectivity index (χ4v) is 2.11. The molecule has 2 nitrogen and oxygen atoms in total. The van der Waals surface area contributed by atoms with Crippen LogP contribution in [-0.2, 0) is 0 Å². The molecule has 0 aliphatic carbocycles. The number of halogens is 2. The highest BCUT2D eigenvalue weighted by Crippen LogP contribution is 2.30. The normalized spacial score (nSPS) is 9.94. The zero-order chi connectivity index (χ0) is 12.3. The van der Waals surface area contributed by atoms with Gasteiger partial charge in [-0.2, -0.15) is 5.26 Å². The predicted octanol–water partition coefficient (Wildman–Crippen LogP) is 3.38. The minimum absolute atomic E-state index is 0.181. The SMILES string of the molecule is N#Cc1cc(Sc2cc(F)ccc2F)ccn1. The second-order valence-corrected chi connectivity index (χ2v) is 4.28. The molecule has 84 valence electrons. The Morgan fingerprint density at radius 1 is 1.18 bits per heavy atom. The molecule has 0 aliphatic heterocycles. The molecule has 0 spiro atoms. The van der Waals surface area contributed by atoms with Crippen molar-refractivity contribution in [1.29, 1.82) is 5.26 Å². The zero-order valence-electron chi connectivity index (χ0n) is 8.52. The third-order valence-corrected chi connectivity index (χ3v) is 2.99. The number of benzene rings is 1. The van der Waals surface area contributed by atoms with Gasteiger partial charge in [0.05, 0.1) is 4.90 Å². The van der Waals surface area contributed by atoms with Gasteiger partial charge in [-0.25, -0.2) is 13.8 Å². The summed E-state index contributed by atoms with van der Waals surface area (Å²) in [5.41, 5.74) is 0.242. The summed E-state index contributed by atoms with van der Waals surface area (Å²) in [6, 6.07) is 8.30. The first-order valence-corrected chi connectivity index (χ1v) is 5.50. The van der Waals surface area contributed by atoms with Crippen LogP contribution in [0.15, 0.2) is 46.3 Å². The van der Waals surface area contributed by atoms with Crippen molar-refractivity contribution in [2.24, 2.45) is 0 Å². The monoisotopic (exact) mass is 248 g/mol. The lowest BCUT2D eigenvalue weighted by Crippen LogP contribution is -1.85. The fraction of sp³-hybridized carbons (Fsp3) is 0. The average Bonchev–Trinajstić information content (AvgIpc) is 2.34. The first-order chi connectivity index (χ1) is 8.19. The van der Waals surface area contributed by atoms with E-state index >= 15 is 0 Å². The summed E-state index contributed by atoms with van der Waals surface area (Å²) in [7, 11) is 0. The first kappa shape index (κ1) is 11.6. The van der Waals surface area contributed by atoms with E-state index in [1.165, 1.54) is 12.3 Å². The summed E-state index contributed by atoms with van der Waals surface area (Å²) in [6.07, 6.45) is 1.46. The molecule has 1 aromatic carbocycles. The molecule has 1 heterocycles. The Kier molecular flexibility index (Phi) is 3.35. The highest BCUT2D eigenvalue weighted by molar-refractivity contribution is 7.99. The minimum Gasteiger partial charge on any atom is -0.245 e. The van der Waals surface area contributed by atoms with Crippen LogP contribution < -0.4 is 0 Å². The van der Waals surface area contributed by atoms with Gasteiger partial charge >= 0.3 is 0 Å². The molecule has 0 N–H and O–H groups in total. The molecule has 2 rings (SSSR count). The summed E-state index contributed by atoms with van der Waals surface area (Å²) in [5, 5.41) is 8.67. The molecule has 2 aromatic rings. The van der Waals surface area contributed by atoms with Crippen molar-refractivity contribution in [3.63, 3.8) is 0 Å². The molecular weight excluding hydrogens is 242 g/mol. The maximum Gasteiger partial charge on any atom is 0.141 e. The van der Waals surface area contributed by atoms with Crippen molar-refractivity contribution in [2.75, 3.05) is 0 Å². The van der Waals surface area contributed by atoms with E-state index in [0.29, 0.717) is 4.90 Å². The van der Waals surface area contributed by atoms with Gasteiger partial charge in [0, 0.05) is 11.1 Å². The third kappa shape index (κ3) is 2.80. The van der Waals surface area contributed by atoms with E-state index in [4.69, 9.17) is 5.26 Å². The van der Waals surface area contributed by atoms with Gasteiger partial charge in [-0.3, -0.25) is 0 Å². The van der Waals surface area contributed by atoms with Crippen molar-refractivity contribution in [3.05, 3.63) is 53.9 Å². The number of rotatable bonds is 2. The van der Waals surface area contributed by atoms with Crippen molar-refractivity contribution >= 4 is 11.8 Å². The number of nitriles is 1. The van der Waals surface area contributed by atoms with Crippen LogP contribution >= 0.6 is 11.8 Å². The molecule has 0 amide bonds. The lowest BCUT2D eigenvalue weighted by atomic mass is 10.3. The van der Waals surface area contributed by atoms with Crippen LogP contribution in [0.4, 0.5) is 8.78 Å². The molecule has 1 aromatic heterocycles. The van der Waals surface area contributed by atoms with Crippen LogP contribution in [0.25, 0.3) is 0 Å². The van der Waals surface area contributed by atoms with E-state index in [1.807, 2.05) is 6.07 Å². The Bertz CT molecular complexity index is 593. The van der Waals surface area contributed by atoms with Crippen LogP contribution in [0.1, 0.15) is 5.69 Å². The Labute approximate surface area is 101 Å². The second-order valence-electron chi connectivity index (χ2n) is 3.17. The van der Waals surface area contributed by atoms with Crippen molar-refractivity contribution in [3.8, 4) is 6.07 Å². The lowest BCUT2D eigenvalue weighted by Gasteiger charge is -2.03. The van der Waals surface area contributed by atoms with Gasteiger partial charge in [0.25, 0.3) is 0 Å². The fourth-order valence-electron chi connectivity index (χ4n) is 1.22.